The summed E-state index contributed by atoms with van der Waals surface area (Å²) in [6.07, 6.45) is -3.52. The van der Waals surface area contributed by atoms with Gasteiger partial charge in [-0.2, -0.15) is 13.2 Å². The van der Waals surface area contributed by atoms with Crippen molar-refractivity contribution < 1.29 is 27.6 Å². The first-order valence-corrected chi connectivity index (χ1v) is 8.65. The Balaban J connectivity index is 2.01. The van der Waals surface area contributed by atoms with Crippen LogP contribution >= 0.6 is 0 Å². The number of anilines is 4. The maximum absolute atomic E-state index is 13.0. The van der Waals surface area contributed by atoms with Crippen LogP contribution in [0.1, 0.15) is 5.56 Å². The van der Waals surface area contributed by atoms with Crippen LogP contribution in [0.4, 0.5) is 41.9 Å². The Labute approximate surface area is 174 Å². The van der Waals surface area contributed by atoms with Gasteiger partial charge in [-0.15, -0.1) is 0 Å². The number of nitrogens with one attached hydrogen (secondary N) is 2. The van der Waals surface area contributed by atoms with Gasteiger partial charge in [0.1, 0.15) is 17.8 Å². The molecule has 0 radical (unpaired) electrons. The minimum atomic E-state index is -4.56. The standard InChI is InChI=1S/C19H16F3N5O4/c1-30-13-6-7-15(31-2)14(9-13)26-18-16(27(28)29)17(23-10-24-18)25-12-5-3-4-11(8-12)19(20,21)22/h3-10H,1-2H3,(H2,23,24,25,26). The summed E-state index contributed by atoms with van der Waals surface area (Å²) in [6, 6.07) is 9.00. The largest absolute Gasteiger partial charge is 0.497 e. The predicted molar refractivity (Wildman–Crippen MR) is 106 cm³/mol. The second kappa shape index (κ2) is 8.73. The fraction of sp³-hybridized carbons (Fsp3) is 0.158. The zero-order valence-electron chi connectivity index (χ0n) is 16.2. The summed E-state index contributed by atoms with van der Waals surface area (Å²) in [5.41, 5.74) is -1.17. The van der Waals surface area contributed by atoms with E-state index in [1.165, 1.54) is 26.4 Å². The van der Waals surface area contributed by atoms with Gasteiger partial charge in [-0.25, -0.2) is 9.97 Å². The van der Waals surface area contributed by atoms with Crippen LogP contribution in [0.3, 0.4) is 0 Å². The van der Waals surface area contributed by atoms with Crippen molar-refractivity contribution in [2.45, 2.75) is 6.18 Å². The van der Waals surface area contributed by atoms with Crippen molar-refractivity contribution in [3.8, 4) is 11.5 Å². The van der Waals surface area contributed by atoms with Gasteiger partial charge in [-0.3, -0.25) is 10.1 Å². The number of methoxy groups -OCH3 is 2. The maximum atomic E-state index is 13.0. The highest BCUT2D eigenvalue weighted by molar-refractivity contribution is 5.78. The SMILES string of the molecule is COc1ccc(OC)c(Nc2ncnc(Nc3cccc(C(F)(F)F)c3)c2[N+](=O)[O-])c1. The van der Waals surface area contributed by atoms with Gasteiger partial charge in [0.15, 0.2) is 0 Å². The second-order valence-corrected chi connectivity index (χ2v) is 6.07. The van der Waals surface area contributed by atoms with Crippen LogP contribution in [0.2, 0.25) is 0 Å². The summed E-state index contributed by atoms with van der Waals surface area (Å²) in [6.45, 7) is 0. The molecule has 12 heteroatoms. The first kappa shape index (κ1) is 21.6. The molecule has 0 bridgehead atoms. The van der Waals surface area contributed by atoms with Crippen LogP contribution in [0.25, 0.3) is 0 Å². The maximum Gasteiger partial charge on any atom is 0.416 e. The summed E-state index contributed by atoms with van der Waals surface area (Å²) in [7, 11) is 2.87. The van der Waals surface area contributed by atoms with Crippen LogP contribution in [0, 0.1) is 10.1 Å². The van der Waals surface area contributed by atoms with Gasteiger partial charge in [0.2, 0.25) is 11.6 Å². The number of aromatic nitrogens is 2. The summed E-state index contributed by atoms with van der Waals surface area (Å²) in [5, 5.41) is 17.1. The molecule has 0 aliphatic rings. The number of benzene rings is 2. The van der Waals surface area contributed by atoms with E-state index in [1.54, 1.807) is 18.2 Å². The minimum Gasteiger partial charge on any atom is -0.497 e. The first-order chi connectivity index (χ1) is 14.7. The molecule has 0 aliphatic heterocycles. The lowest BCUT2D eigenvalue weighted by atomic mass is 10.2. The molecule has 3 aromatic rings. The Kier molecular flexibility index (Phi) is 6.09. The average Bonchev–Trinajstić information content (AvgIpc) is 2.73. The van der Waals surface area contributed by atoms with Gasteiger partial charge in [0.05, 0.1) is 30.4 Å². The molecule has 0 spiro atoms. The molecule has 0 fully saturated rings. The van der Waals surface area contributed by atoms with Crippen molar-refractivity contribution in [3.05, 3.63) is 64.5 Å². The molecule has 0 atom stereocenters. The molecular weight excluding hydrogens is 419 g/mol. The van der Waals surface area contributed by atoms with E-state index in [9.17, 15) is 23.3 Å². The first-order valence-electron chi connectivity index (χ1n) is 8.65. The molecule has 0 unspecified atom stereocenters. The molecule has 1 aromatic heterocycles. The monoisotopic (exact) mass is 435 g/mol. The highest BCUT2D eigenvalue weighted by Gasteiger charge is 2.31. The van der Waals surface area contributed by atoms with E-state index in [2.05, 4.69) is 20.6 Å². The second-order valence-electron chi connectivity index (χ2n) is 6.07. The quantitative estimate of drug-likeness (QED) is 0.398. The van der Waals surface area contributed by atoms with Gasteiger partial charge < -0.3 is 20.1 Å². The fourth-order valence-corrected chi connectivity index (χ4v) is 2.68. The number of hydrogen-bond acceptors (Lipinski definition) is 8. The number of alkyl halides is 3. The van der Waals surface area contributed by atoms with Gasteiger partial charge in [-0.05, 0) is 30.3 Å². The van der Waals surface area contributed by atoms with Gasteiger partial charge in [0.25, 0.3) is 0 Å². The van der Waals surface area contributed by atoms with E-state index in [0.29, 0.717) is 17.2 Å². The highest BCUT2D eigenvalue weighted by atomic mass is 19.4. The normalized spacial score (nSPS) is 11.0. The number of nitro groups is 1. The topological polar surface area (TPSA) is 111 Å². The minimum absolute atomic E-state index is 0.0264. The highest BCUT2D eigenvalue weighted by Crippen LogP contribution is 2.37. The Morgan fingerprint density at radius 3 is 2.32 bits per heavy atom. The lowest BCUT2D eigenvalue weighted by Crippen LogP contribution is -2.08. The number of ether oxygens (including phenoxy) is 2. The molecule has 162 valence electrons. The zero-order chi connectivity index (χ0) is 22.6. The number of nitrogens with zero attached hydrogens (tertiary/aromatic N) is 3. The molecule has 2 N–H and O–H groups in total. The third kappa shape index (κ3) is 4.91. The molecule has 31 heavy (non-hydrogen) atoms. The summed E-state index contributed by atoms with van der Waals surface area (Å²) in [4.78, 5) is 18.7. The van der Waals surface area contributed by atoms with Crippen LogP contribution in [0.5, 0.6) is 11.5 Å². The zero-order valence-corrected chi connectivity index (χ0v) is 16.2. The van der Waals surface area contributed by atoms with Crippen molar-refractivity contribution in [2.24, 2.45) is 0 Å². The lowest BCUT2D eigenvalue weighted by molar-refractivity contribution is -0.383. The third-order valence-corrected chi connectivity index (χ3v) is 4.12. The van der Waals surface area contributed by atoms with E-state index < -0.39 is 22.4 Å². The van der Waals surface area contributed by atoms with Gasteiger partial charge >= 0.3 is 11.9 Å². The summed E-state index contributed by atoms with van der Waals surface area (Å²) >= 11 is 0. The summed E-state index contributed by atoms with van der Waals surface area (Å²) < 4.78 is 49.3. The molecule has 9 nitrogen and oxygen atoms in total. The van der Waals surface area contributed by atoms with Crippen LogP contribution < -0.4 is 20.1 Å². The molecule has 3 rings (SSSR count). The van der Waals surface area contributed by atoms with Crippen molar-refractivity contribution in [1.29, 1.82) is 0 Å². The Morgan fingerprint density at radius 1 is 1.00 bits per heavy atom. The van der Waals surface area contributed by atoms with Crippen molar-refractivity contribution in [1.82, 2.24) is 9.97 Å². The number of hydrogen-bond donors (Lipinski definition) is 2. The van der Waals surface area contributed by atoms with Gasteiger partial charge in [-0.1, -0.05) is 6.07 Å². The van der Waals surface area contributed by atoms with Crippen molar-refractivity contribution in [2.75, 3.05) is 24.9 Å². The Morgan fingerprint density at radius 2 is 1.71 bits per heavy atom. The summed E-state index contributed by atoms with van der Waals surface area (Å²) in [5.74, 6) is 0.341. The molecule has 2 aromatic carbocycles. The van der Waals surface area contributed by atoms with Gasteiger partial charge in [0, 0.05) is 11.8 Å². The van der Waals surface area contributed by atoms with E-state index in [-0.39, 0.29) is 17.3 Å². The number of halogens is 3. The molecule has 0 aliphatic carbocycles. The third-order valence-electron chi connectivity index (χ3n) is 4.12. The van der Waals surface area contributed by atoms with Crippen molar-refractivity contribution in [3.63, 3.8) is 0 Å². The van der Waals surface area contributed by atoms with Crippen LogP contribution in [0.15, 0.2) is 48.8 Å². The van der Waals surface area contributed by atoms with Crippen molar-refractivity contribution >= 4 is 28.7 Å². The Hall–Kier alpha value is -4.09. The average molecular weight is 435 g/mol. The Bertz CT molecular complexity index is 1110. The molecule has 0 saturated heterocycles. The fourth-order valence-electron chi connectivity index (χ4n) is 2.68. The number of rotatable bonds is 7. The molecule has 0 amide bonds. The van der Waals surface area contributed by atoms with E-state index in [1.807, 2.05) is 0 Å². The predicted octanol–water partition coefficient (Wildman–Crippen LogP) is 4.91. The van der Waals surface area contributed by atoms with E-state index in [4.69, 9.17) is 9.47 Å². The molecule has 0 saturated carbocycles. The molecule has 1 heterocycles. The van der Waals surface area contributed by atoms with E-state index >= 15 is 0 Å². The smallest absolute Gasteiger partial charge is 0.416 e. The lowest BCUT2D eigenvalue weighted by Gasteiger charge is -2.14. The molecular formula is C19H16F3N5O4. The van der Waals surface area contributed by atoms with Crippen LogP contribution in [-0.2, 0) is 6.18 Å². The van der Waals surface area contributed by atoms with Crippen LogP contribution in [-0.4, -0.2) is 29.1 Å². The van der Waals surface area contributed by atoms with E-state index in [0.717, 1.165) is 18.5 Å².